The van der Waals surface area contributed by atoms with E-state index in [0.29, 0.717) is 19.5 Å². The normalized spacial score (nSPS) is 17.2. The Morgan fingerprint density at radius 1 is 1.15 bits per heavy atom. The van der Waals surface area contributed by atoms with Gasteiger partial charge in [0, 0.05) is 56.6 Å². The van der Waals surface area contributed by atoms with Crippen LogP contribution >= 0.6 is 0 Å². The fourth-order valence-electron chi connectivity index (χ4n) is 3.36. The molecule has 138 valence electrons. The van der Waals surface area contributed by atoms with Crippen molar-refractivity contribution in [3.63, 3.8) is 0 Å². The summed E-state index contributed by atoms with van der Waals surface area (Å²) in [5.74, 6) is 0.939. The Kier molecular flexibility index (Phi) is 5.61. The first-order valence-corrected chi connectivity index (χ1v) is 8.92. The van der Waals surface area contributed by atoms with Crippen LogP contribution in [0.25, 0.3) is 0 Å². The number of hydrogen-bond donors (Lipinski definition) is 0. The van der Waals surface area contributed by atoms with Crippen molar-refractivity contribution < 1.29 is 9.53 Å². The summed E-state index contributed by atoms with van der Waals surface area (Å²) in [4.78, 5) is 28.5. The van der Waals surface area contributed by atoms with Gasteiger partial charge in [0.25, 0.3) is 5.56 Å². The van der Waals surface area contributed by atoms with E-state index in [0.717, 1.165) is 24.5 Å². The number of amides is 1. The predicted octanol–water partition coefficient (Wildman–Crippen LogP) is 1.98. The van der Waals surface area contributed by atoms with E-state index in [1.807, 2.05) is 35.2 Å². The van der Waals surface area contributed by atoms with Crippen molar-refractivity contribution in [2.24, 2.45) is 0 Å². The summed E-state index contributed by atoms with van der Waals surface area (Å²) in [6, 6.07) is 13.2. The number of ether oxygens (including phenoxy) is 1. The molecule has 1 aliphatic heterocycles. The molecule has 26 heavy (non-hydrogen) atoms. The van der Waals surface area contributed by atoms with Crippen LogP contribution in [0, 0.1) is 0 Å². The molecule has 1 saturated heterocycles. The third-order valence-electron chi connectivity index (χ3n) is 4.85. The fourth-order valence-corrected chi connectivity index (χ4v) is 3.36. The minimum atomic E-state index is -0.0716. The molecular formula is C20H25N3O3. The molecule has 2 aromatic rings. The van der Waals surface area contributed by atoms with Gasteiger partial charge in [0.1, 0.15) is 5.75 Å². The maximum atomic E-state index is 12.6. The van der Waals surface area contributed by atoms with Gasteiger partial charge in [0.05, 0.1) is 7.11 Å². The maximum absolute atomic E-state index is 12.6. The molecule has 6 heteroatoms. The highest BCUT2D eigenvalue weighted by atomic mass is 16.5. The largest absolute Gasteiger partial charge is 0.497 e. The summed E-state index contributed by atoms with van der Waals surface area (Å²) in [5, 5.41) is 0. The van der Waals surface area contributed by atoms with Gasteiger partial charge >= 0.3 is 0 Å². The van der Waals surface area contributed by atoms with Crippen LogP contribution in [0.4, 0.5) is 5.69 Å². The van der Waals surface area contributed by atoms with Gasteiger partial charge in [-0.25, -0.2) is 0 Å². The molecule has 0 aliphatic carbocycles. The second-order valence-electron chi connectivity index (χ2n) is 6.56. The highest BCUT2D eigenvalue weighted by molar-refractivity contribution is 5.77. The molecule has 1 aliphatic rings. The minimum absolute atomic E-state index is 0.0716. The molecule has 0 N–H and O–H groups in total. The molecule has 0 saturated carbocycles. The van der Waals surface area contributed by atoms with Crippen LogP contribution in [0.5, 0.6) is 5.75 Å². The molecule has 2 heterocycles. The van der Waals surface area contributed by atoms with Crippen LogP contribution in [0.15, 0.2) is 53.5 Å². The summed E-state index contributed by atoms with van der Waals surface area (Å²) >= 11 is 0. The number of nitrogens with zero attached hydrogens (tertiary/aromatic N) is 3. The van der Waals surface area contributed by atoms with Gasteiger partial charge in [-0.05, 0) is 37.3 Å². The summed E-state index contributed by atoms with van der Waals surface area (Å²) in [7, 11) is 1.66. The highest BCUT2D eigenvalue weighted by Gasteiger charge is 2.27. The van der Waals surface area contributed by atoms with Crippen molar-refractivity contribution in [2.75, 3.05) is 31.6 Å². The first kappa shape index (κ1) is 18.0. The van der Waals surface area contributed by atoms with Crippen LogP contribution in [0.3, 0.4) is 0 Å². The minimum Gasteiger partial charge on any atom is -0.497 e. The average molecular weight is 355 g/mol. The molecular weight excluding hydrogens is 330 g/mol. The van der Waals surface area contributed by atoms with Crippen molar-refractivity contribution in [3.8, 4) is 5.75 Å². The number of carbonyl (C=O) groups excluding carboxylic acids is 1. The van der Waals surface area contributed by atoms with Gasteiger partial charge in [-0.2, -0.15) is 0 Å². The smallest absolute Gasteiger partial charge is 0.250 e. The Bertz CT molecular complexity index is 800. The van der Waals surface area contributed by atoms with E-state index in [1.165, 1.54) is 6.07 Å². The number of anilines is 1. The Morgan fingerprint density at radius 3 is 2.58 bits per heavy atom. The van der Waals surface area contributed by atoms with Crippen molar-refractivity contribution in [1.29, 1.82) is 0 Å². The Morgan fingerprint density at radius 2 is 1.92 bits per heavy atom. The van der Waals surface area contributed by atoms with Crippen LogP contribution in [0.1, 0.15) is 13.3 Å². The number of benzene rings is 1. The van der Waals surface area contributed by atoms with Crippen LogP contribution in [-0.2, 0) is 11.3 Å². The van der Waals surface area contributed by atoms with Crippen molar-refractivity contribution in [3.05, 3.63) is 59.0 Å². The number of piperazine rings is 1. The van der Waals surface area contributed by atoms with Gasteiger partial charge in [0.2, 0.25) is 5.91 Å². The topological polar surface area (TPSA) is 54.8 Å². The van der Waals surface area contributed by atoms with E-state index in [9.17, 15) is 9.59 Å². The summed E-state index contributed by atoms with van der Waals surface area (Å²) < 4.78 is 6.78. The van der Waals surface area contributed by atoms with E-state index in [4.69, 9.17) is 4.74 Å². The molecule has 1 fully saturated rings. The van der Waals surface area contributed by atoms with Crippen molar-refractivity contribution in [1.82, 2.24) is 9.47 Å². The lowest BCUT2D eigenvalue weighted by Gasteiger charge is -2.41. The molecule has 0 bridgehead atoms. The second-order valence-corrected chi connectivity index (χ2v) is 6.56. The zero-order valence-electron chi connectivity index (χ0n) is 15.3. The molecule has 0 unspecified atom stereocenters. The average Bonchev–Trinajstić information content (AvgIpc) is 2.67. The first-order chi connectivity index (χ1) is 12.6. The third-order valence-corrected chi connectivity index (χ3v) is 4.85. The molecule has 1 aromatic heterocycles. The number of carbonyl (C=O) groups is 1. The second kappa shape index (κ2) is 8.08. The number of hydrogen-bond acceptors (Lipinski definition) is 4. The van der Waals surface area contributed by atoms with Crippen LogP contribution in [-0.4, -0.2) is 48.2 Å². The van der Waals surface area contributed by atoms with Crippen LogP contribution in [0.2, 0.25) is 0 Å². The van der Waals surface area contributed by atoms with Crippen molar-refractivity contribution in [2.45, 2.75) is 25.9 Å². The highest BCUT2D eigenvalue weighted by Crippen LogP contribution is 2.22. The zero-order chi connectivity index (χ0) is 18.5. The Hall–Kier alpha value is -2.76. The predicted molar refractivity (Wildman–Crippen MR) is 102 cm³/mol. The summed E-state index contributed by atoms with van der Waals surface area (Å²) in [5.41, 5.74) is 1.07. The Balaban J connectivity index is 1.56. The number of pyridine rings is 1. The summed E-state index contributed by atoms with van der Waals surface area (Å²) in [6.45, 7) is 4.78. The fraction of sp³-hybridized carbons (Fsp3) is 0.400. The number of aromatic nitrogens is 1. The standard InChI is InChI=1S/C20H25N3O3/c1-16-15-22(17-6-8-18(26-2)9-7-17)13-14-23(16)20(25)10-12-21-11-4-3-5-19(21)24/h3-9,11,16H,10,12-15H2,1-2H3/t16-/m1/s1. The van der Waals surface area contributed by atoms with Gasteiger partial charge in [0.15, 0.2) is 0 Å². The molecule has 1 amide bonds. The van der Waals surface area contributed by atoms with E-state index >= 15 is 0 Å². The number of rotatable bonds is 5. The van der Waals surface area contributed by atoms with E-state index in [1.54, 1.807) is 23.9 Å². The lowest BCUT2D eigenvalue weighted by molar-refractivity contribution is -0.133. The molecule has 3 rings (SSSR count). The van der Waals surface area contributed by atoms with E-state index in [-0.39, 0.29) is 17.5 Å². The maximum Gasteiger partial charge on any atom is 0.250 e. The molecule has 0 radical (unpaired) electrons. The SMILES string of the molecule is COc1ccc(N2CCN(C(=O)CCn3ccccc3=O)[C@H](C)C2)cc1. The van der Waals surface area contributed by atoms with E-state index < -0.39 is 0 Å². The first-order valence-electron chi connectivity index (χ1n) is 8.92. The van der Waals surface area contributed by atoms with Crippen LogP contribution < -0.4 is 15.2 Å². The lowest BCUT2D eigenvalue weighted by atomic mass is 10.1. The quantitative estimate of drug-likeness (QED) is 0.823. The lowest BCUT2D eigenvalue weighted by Crippen LogP contribution is -2.54. The number of methoxy groups -OCH3 is 1. The molecule has 1 aromatic carbocycles. The number of aryl methyl sites for hydroxylation is 1. The van der Waals surface area contributed by atoms with Gasteiger partial charge < -0.3 is 19.1 Å². The van der Waals surface area contributed by atoms with E-state index in [2.05, 4.69) is 11.8 Å². The monoisotopic (exact) mass is 355 g/mol. The molecule has 6 nitrogen and oxygen atoms in total. The van der Waals surface area contributed by atoms with Gasteiger partial charge in [-0.3, -0.25) is 9.59 Å². The van der Waals surface area contributed by atoms with Gasteiger partial charge in [-0.15, -0.1) is 0 Å². The molecule has 1 atom stereocenters. The summed E-state index contributed by atoms with van der Waals surface area (Å²) in [6.07, 6.45) is 2.07. The van der Waals surface area contributed by atoms with Crippen molar-refractivity contribution >= 4 is 11.6 Å². The zero-order valence-corrected chi connectivity index (χ0v) is 15.3. The third kappa shape index (κ3) is 4.07. The Labute approximate surface area is 153 Å². The van der Waals surface area contributed by atoms with Gasteiger partial charge in [-0.1, -0.05) is 6.07 Å². The molecule has 0 spiro atoms.